The Balaban J connectivity index is 1.08. The van der Waals surface area contributed by atoms with Gasteiger partial charge in [-0.3, -0.25) is 14.8 Å². The maximum atomic E-state index is 13.7. The summed E-state index contributed by atoms with van der Waals surface area (Å²) in [5.41, 5.74) is 6.55. The number of ether oxygens (including phenoxy) is 1. The van der Waals surface area contributed by atoms with Crippen LogP contribution in [-0.2, 0) is 9.53 Å². The van der Waals surface area contributed by atoms with Gasteiger partial charge in [-0.25, -0.2) is 0 Å². The molecule has 8 atom stereocenters. The number of nitriles is 2. The zero-order chi connectivity index (χ0) is 36.6. The van der Waals surface area contributed by atoms with E-state index in [2.05, 4.69) is 74.5 Å². The first-order valence-electron chi connectivity index (χ1n) is 18.5. The molecule has 6 heteroatoms. The number of hydrogen-bond donors (Lipinski definition) is 0. The van der Waals surface area contributed by atoms with Gasteiger partial charge in [0.15, 0.2) is 0 Å². The van der Waals surface area contributed by atoms with Gasteiger partial charge < -0.3 is 4.74 Å². The van der Waals surface area contributed by atoms with E-state index in [1.165, 1.54) is 0 Å². The van der Waals surface area contributed by atoms with Crippen LogP contribution in [0, 0.1) is 76.4 Å². The van der Waals surface area contributed by atoms with Gasteiger partial charge in [0.2, 0.25) is 0 Å². The highest BCUT2D eigenvalue weighted by molar-refractivity contribution is 5.75. The Morgan fingerprint density at radius 1 is 0.750 bits per heavy atom. The molecule has 2 heterocycles. The molecule has 0 aliphatic heterocycles. The van der Waals surface area contributed by atoms with Gasteiger partial charge in [0.1, 0.15) is 0 Å². The molecular formula is C46H47N4O2. The molecule has 2 fully saturated rings. The number of pyridine rings is 2. The molecular weight excluding hydrogens is 641 g/mol. The quantitative estimate of drug-likeness (QED) is 0.162. The van der Waals surface area contributed by atoms with Gasteiger partial charge in [-0.2, -0.15) is 10.5 Å². The summed E-state index contributed by atoms with van der Waals surface area (Å²) in [5.74, 6) is 2.04. The van der Waals surface area contributed by atoms with E-state index < -0.39 is 0 Å². The maximum absolute atomic E-state index is 13.7. The third-order valence-corrected chi connectivity index (χ3v) is 11.6. The van der Waals surface area contributed by atoms with Gasteiger partial charge in [-0.05, 0) is 104 Å². The van der Waals surface area contributed by atoms with E-state index in [1.807, 2.05) is 85.1 Å². The Bertz CT molecular complexity index is 1980. The molecule has 1 unspecified atom stereocenters. The number of hydrogen-bond acceptors (Lipinski definition) is 6. The molecule has 4 aromatic rings. The number of aromatic nitrogens is 2. The summed E-state index contributed by atoms with van der Waals surface area (Å²) >= 11 is 0. The number of carbonyl (C=O) groups is 1. The minimum absolute atomic E-state index is 0.0188. The minimum atomic E-state index is -0.297. The Hall–Kier alpha value is -5.33. The van der Waals surface area contributed by atoms with Crippen LogP contribution in [0.15, 0.2) is 97.3 Å². The summed E-state index contributed by atoms with van der Waals surface area (Å²) in [5, 5.41) is 19.0. The second kappa shape index (κ2) is 16.8. The van der Waals surface area contributed by atoms with Crippen LogP contribution in [-0.4, -0.2) is 22.5 Å². The van der Waals surface area contributed by atoms with Crippen molar-refractivity contribution in [1.82, 2.24) is 9.97 Å². The van der Waals surface area contributed by atoms with Gasteiger partial charge in [0.25, 0.3) is 0 Å². The van der Waals surface area contributed by atoms with E-state index in [0.717, 1.165) is 52.9 Å². The molecule has 2 aliphatic rings. The standard InChI is InChI=1S/C46H47N4O2/c1-30-13-21-45(42(33(30)4)22-20-41-19-16-39(28-50-41)44-12-8-6-10-37(44)26-48)46(51)52-29-34-23-31(2)32(3)35(24-34)14-17-40-18-15-38(27-49-40)43-11-7-5-9-36(43)25-47/h5-12,14-22,27-28,30-35,42,45H,13,23-24,29H2,1-4H3/b17-14+,22-20+/t30-,31-,32+,33+,34?,35+,42-,45-/m0/s1. The number of allylic oxidation sites excluding steroid dienone is 2. The first-order chi connectivity index (χ1) is 25.2. The molecule has 0 saturated heterocycles. The van der Waals surface area contributed by atoms with Crippen LogP contribution in [0.1, 0.15) is 69.5 Å². The van der Waals surface area contributed by atoms with Crippen molar-refractivity contribution in [2.24, 2.45) is 47.3 Å². The zero-order valence-corrected chi connectivity index (χ0v) is 30.5. The predicted octanol–water partition coefficient (Wildman–Crippen LogP) is 10.2. The second-order valence-corrected chi connectivity index (χ2v) is 14.9. The third kappa shape index (κ3) is 8.41. The van der Waals surface area contributed by atoms with E-state index in [9.17, 15) is 15.3 Å². The average Bonchev–Trinajstić information content (AvgIpc) is 3.18. The van der Waals surface area contributed by atoms with Crippen molar-refractivity contribution >= 4 is 18.1 Å². The third-order valence-electron chi connectivity index (χ3n) is 11.6. The van der Waals surface area contributed by atoms with Crippen LogP contribution in [0.2, 0.25) is 0 Å². The van der Waals surface area contributed by atoms with Crippen molar-refractivity contribution in [3.63, 3.8) is 0 Å². The van der Waals surface area contributed by atoms with E-state index in [-0.39, 0.29) is 17.8 Å². The largest absolute Gasteiger partial charge is 0.465 e. The number of esters is 1. The molecule has 6 rings (SSSR count). The topological polar surface area (TPSA) is 99.7 Å². The van der Waals surface area contributed by atoms with Gasteiger partial charge in [0.05, 0.1) is 47.2 Å². The van der Waals surface area contributed by atoms with Crippen molar-refractivity contribution in [2.75, 3.05) is 6.61 Å². The average molecular weight is 688 g/mol. The highest BCUT2D eigenvalue weighted by atomic mass is 16.5. The lowest BCUT2D eigenvalue weighted by Crippen LogP contribution is -2.38. The molecule has 52 heavy (non-hydrogen) atoms. The Morgan fingerprint density at radius 2 is 1.33 bits per heavy atom. The molecule has 2 aliphatic carbocycles. The van der Waals surface area contributed by atoms with Crippen molar-refractivity contribution in [2.45, 2.75) is 47.0 Å². The Kier molecular flexibility index (Phi) is 11.8. The molecule has 0 amide bonds. The SMILES string of the molecule is C[C@H]1[C@H](/C=C/c2ccc(-c3ccccc3C#N)cn2)[C@@H](C(=O)OCC2C[C@@H](/C=C/c3ccc(-c4ccccc4C#N)cn3)[C@H](C)[C@@H](C)C2)[CH]C[C@@H]1C. The number of rotatable bonds is 9. The van der Waals surface area contributed by atoms with E-state index >= 15 is 0 Å². The molecule has 0 spiro atoms. The van der Waals surface area contributed by atoms with Crippen LogP contribution in [0.5, 0.6) is 0 Å². The minimum Gasteiger partial charge on any atom is -0.465 e. The van der Waals surface area contributed by atoms with E-state index in [4.69, 9.17) is 4.74 Å². The normalized spacial score (nSPS) is 26.1. The van der Waals surface area contributed by atoms with E-state index in [0.29, 0.717) is 53.2 Å². The van der Waals surface area contributed by atoms with Crippen LogP contribution in [0.3, 0.4) is 0 Å². The van der Waals surface area contributed by atoms with Crippen LogP contribution >= 0.6 is 0 Å². The Morgan fingerprint density at radius 3 is 1.88 bits per heavy atom. The molecule has 1 radical (unpaired) electrons. The molecule has 6 nitrogen and oxygen atoms in total. The summed E-state index contributed by atoms with van der Waals surface area (Å²) in [7, 11) is 0. The monoisotopic (exact) mass is 687 g/mol. The highest BCUT2D eigenvalue weighted by Crippen LogP contribution is 2.42. The fourth-order valence-corrected chi connectivity index (χ4v) is 7.96. The maximum Gasteiger partial charge on any atom is 0.309 e. The lowest BCUT2D eigenvalue weighted by atomic mass is 9.67. The van der Waals surface area contributed by atoms with Gasteiger partial charge in [-0.15, -0.1) is 0 Å². The highest BCUT2D eigenvalue weighted by Gasteiger charge is 2.39. The van der Waals surface area contributed by atoms with Crippen molar-refractivity contribution < 1.29 is 9.53 Å². The predicted molar refractivity (Wildman–Crippen MR) is 207 cm³/mol. The van der Waals surface area contributed by atoms with Gasteiger partial charge in [-0.1, -0.05) is 88.4 Å². The fourth-order valence-electron chi connectivity index (χ4n) is 7.96. The fraction of sp³-hybridized carbons (Fsp3) is 0.348. The van der Waals surface area contributed by atoms with E-state index in [1.54, 1.807) is 6.20 Å². The molecule has 0 N–H and O–H groups in total. The summed E-state index contributed by atoms with van der Waals surface area (Å²) in [4.78, 5) is 23.1. The van der Waals surface area contributed by atoms with Gasteiger partial charge >= 0.3 is 5.97 Å². The summed E-state index contributed by atoms with van der Waals surface area (Å²) < 4.78 is 6.14. The molecule has 0 bridgehead atoms. The molecule has 2 aromatic heterocycles. The zero-order valence-electron chi connectivity index (χ0n) is 30.5. The lowest BCUT2D eigenvalue weighted by Gasteiger charge is -2.39. The summed E-state index contributed by atoms with van der Waals surface area (Å²) in [6, 6.07) is 27.6. The van der Waals surface area contributed by atoms with Gasteiger partial charge in [0, 0.05) is 34.6 Å². The van der Waals surface area contributed by atoms with Crippen molar-refractivity contribution in [3.8, 4) is 34.4 Å². The lowest BCUT2D eigenvalue weighted by molar-refractivity contribution is -0.152. The van der Waals surface area contributed by atoms with Crippen molar-refractivity contribution in [1.29, 1.82) is 10.5 Å². The molecule has 2 aromatic carbocycles. The van der Waals surface area contributed by atoms with Crippen LogP contribution in [0.4, 0.5) is 0 Å². The summed E-state index contributed by atoms with van der Waals surface area (Å²) in [6.07, 6.45) is 17.2. The number of carbonyl (C=O) groups excluding carboxylic acids is 1. The smallest absolute Gasteiger partial charge is 0.309 e. The first kappa shape index (κ1) is 36.5. The second-order valence-electron chi connectivity index (χ2n) is 14.9. The first-order valence-corrected chi connectivity index (χ1v) is 18.5. The van der Waals surface area contributed by atoms with Crippen LogP contribution in [0.25, 0.3) is 34.4 Å². The number of nitrogens with zero attached hydrogens (tertiary/aromatic N) is 4. The molecule has 2 saturated carbocycles. The molecule has 263 valence electrons. The van der Waals surface area contributed by atoms with Crippen molar-refractivity contribution in [3.05, 3.63) is 126 Å². The summed E-state index contributed by atoms with van der Waals surface area (Å²) in [6.45, 7) is 9.54. The number of benzene rings is 2. The Labute approximate surface area is 308 Å². The van der Waals surface area contributed by atoms with Crippen LogP contribution < -0.4 is 0 Å².